The van der Waals surface area contributed by atoms with Gasteiger partial charge in [0.25, 0.3) is 5.91 Å². The molecule has 0 unspecified atom stereocenters. The van der Waals surface area contributed by atoms with Crippen LogP contribution in [0.25, 0.3) is 0 Å². The van der Waals surface area contributed by atoms with Crippen molar-refractivity contribution in [2.45, 2.75) is 6.54 Å². The number of nitrogens with zero attached hydrogens (tertiary/aromatic N) is 1. The minimum Gasteiger partial charge on any atom is -0.298 e. The number of rotatable bonds is 6. The molecule has 3 rings (SSSR count). The van der Waals surface area contributed by atoms with Crippen LogP contribution in [0.3, 0.4) is 0 Å². The van der Waals surface area contributed by atoms with E-state index in [0.717, 1.165) is 5.69 Å². The lowest BCUT2D eigenvalue weighted by Crippen LogP contribution is -2.39. The van der Waals surface area contributed by atoms with Crippen LogP contribution in [0.5, 0.6) is 0 Å². The summed E-state index contributed by atoms with van der Waals surface area (Å²) in [4.78, 5) is 25.1. The Kier molecular flexibility index (Phi) is 4.98. The van der Waals surface area contributed by atoms with Crippen molar-refractivity contribution in [3.05, 3.63) is 82.8 Å². The van der Waals surface area contributed by atoms with Crippen molar-refractivity contribution in [2.75, 3.05) is 5.43 Å². The van der Waals surface area contributed by atoms with Gasteiger partial charge in [0.15, 0.2) is 12.4 Å². The van der Waals surface area contributed by atoms with Gasteiger partial charge in [-0.1, -0.05) is 24.3 Å². The summed E-state index contributed by atoms with van der Waals surface area (Å²) in [5, 5.41) is 1.87. The van der Waals surface area contributed by atoms with Gasteiger partial charge in [-0.3, -0.25) is 20.4 Å². The third kappa shape index (κ3) is 4.05. The zero-order valence-corrected chi connectivity index (χ0v) is 13.6. The van der Waals surface area contributed by atoms with Gasteiger partial charge in [0.2, 0.25) is 12.3 Å². The first kappa shape index (κ1) is 15.9. The van der Waals surface area contributed by atoms with E-state index in [1.54, 1.807) is 35.2 Å². The number of ketones is 1. The molecule has 1 aromatic carbocycles. The molecule has 1 amide bonds. The molecule has 24 heavy (non-hydrogen) atoms. The Bertz CT molecular complexity index is 832. The molecule has 0 spiro atoms. The van der Waals surface area contributed by atoms with Crippen LogP contribution in [0.1, 0.15) is 20.0 Å². The van der Waals surface area contributed by atoms with E-state index >= 15 is 0 Å². The van der Waals surface area contributed by atoms with Crippen molar-refractivity contribution >= 4 is 28.7 Å². The van der Waals surface area contributed by atoms with Gasteiger partial charge >= 0.3 is 0 Å². The number of pyridine rings is 1. The van der Waals surface area contributed by atoms with Crippen LogP contribution in [0.2, 0.25) is 0 Å². The molecule has 0 aliphatic heterocycles. The van der Waals surface area contributed by atoms with E-state index in [1.165, 1.54) is 11.3 Å². The average molecular weight is 338 g/mol. The summed E-state index contributed by atoms with van der Waals surface area (Å²) in [5.74, 6) is -0.244. The summed E-state index contributed by atoms with van der Waals surface area (Å²) in [6.07, 6.45) is 3.43. The monoisotopic (exact) mass is 338 g/mol. The zero-order chi connectivity index (χ0) is 16.8. The van der Waals surface area contributed by atoms with Gasteiger partial charge in [-0.25, -0.2) is 0 Å². The smallest absolute Gasteiger partial charge is 0.275 e. The second kappa shape index (κ2) is 7.52. The summed E-state index contributed by atoms with van der Waals surface area (Å²) in [6, 6.07) is 16.5. The SMILES string of the molecule is O=C(NNc1ccccc1)c1ccc[n+](CC(=O)c2cccs2)c1. The van der Waals surface area contributed by atoms with Crippen LogP contribution in [0, 0.1) is 0 Å². The largest absolute Gasteiger partial charge is 0.298 e. The average Bonchev–Trinajstić information content (AvgIpc) is 3.15. The number of thiophene rings is 1. The van der Waals surface area contributed by atoms with E-state index < -0.39 is 0 Å². The van der Waals surface area contributed by atoms with E-state index in [9.17, 15) is 9.59 Å². The van der Waals surface area contributed by atoms with Gasteiger partial charge in [-0.05, 0) is 29.6 Å². The van der Waals surface area contributed by atoms with Crippen LogP contribution in [0.15, 0.2) is 72.4 Å². The van der Waals surface area contributed by atoms with E-state index in [2.05, 4.69) is 10.9 Å². The van der Waals surface area contributed by atoms with Crippen molar-refractivity contribution in [1.29, 1.82) is 0 Å². The minimum absolute atomic E-state index is 0.0231. The molecule has 2 N–H and O–H groups in total. The Morgan fingerprint density at radius 2 is 1.83 bits per heavy atom. The Morgan fingerprint density at radius 3 is 2.58 bits per heavy atom. The molecular weight excluding hydrogens is 322 g/mol. The van der Waals surface area contributed by atoms with E-state index in [1.807, 2.05) is 41.8 Å². The number of carbonyl (C=O) groups excluding carboxylic acids is 2. The number of hydrogen-bond acceptors (Lipinski definition) is 4. The highest BCUT2D eigenvalue weighted by Crippen LogP contribution is 2.09. The predicted octanol–water partition coefficient (Wildman–Crippen LogP) is 2.68. The third-order valence-electron chi connectivity index (χ3n) is 3.34. The van der Waals surface area contributed by atoms with Crippen molar-refractivity contribution in [1.82, 2.24) is 5.43 Å². The number of amides is 1. The number of para-hydroxylation sites is 1. The second-order valence-electron chi connectivity index (χ2n) is 5.11. The number of hydrazine groups is 1. The van der Waals surface area contributed by atoms with Crippen molar-refractivity contribution < 1.29 is 14.2 Å². The quantitative estimate of drug-likeness (QED) is 0.413. The molecule has 5 nitrogen and oxygen atoms in total. The first-order valence-electron chi connectivity index (χ1n) is 7.39. The zero-order valence-electron chi connectivity index (χ0n) is 12.8. The lowest BCUT2D eigenvalue weighted by Gasteiger charge is -2.07. The molecule has 0 bridgehead atoms. The summed E-state index contributed by atoms with van der Waals surface area (Å²) >= 11 is 1.41. The molecule has 0 radical (unpaired) electrons. The maximum absolute atomic E-state index is 12.2. The van der Waals surface area contributed by atoms with E-state index in [4.69, 9.17) is 0 Å². The molecule has 0 saturated carbocycles. The minimum atomic E-state index is -0.267. The van der Waals surface area contributed by atoms with Gasteiger partial charge in [0.1, 0.15) is 5.56 Å². The van der Waals surface area contributed by atoms with E-state index in [0.29, 0.717) is 10.4 Å². The van der Waals surface area contributed by atoms with Gasteiger partial charge in [-0.2, -0.15) is 4.57 Å². The molecule has 6 heteroatoms. The molecule has 0 aliphatic rings. The Hall–Kier alpha value is -2.99. The number of nitrogens with one attached hydrogen (secondary N) is 2. The lowest BCUT2D eigenvalue weighted by molar-refractivity contribution is -0.683. The first-order valence-corrected chi connectivity index (χ1v) is 8.27. The Labute approximate surface area is 143 Å². The first-order chi connectivity index (χ1) is 11.7. The molecule has 0 fully saturated rings. The van der Waals surface area contributed by atoms with Crippen molar-refractivity contribution in [3.8, 4) is 0 Å². The Balaban J connectivity index is 1.64. The molecule has 0 aliphatic carbocycles. The maximum Gasteiger partial charge on any atom is 0.275 e. The van der Waals surface area contributed by atoms with Crippen LogP contribution in [-0.2, 0) is 6.54 Å². The highest BCUT2D eigenvalue weighted by atomic mass is 32.1. The van der Waals surface area contributed by atoms with Gasteiger partial charge in [0.05, 0.1) is 10.6 Å². The number of hydrogen-bond donors (Lipinski definition) is 2. The highest BCUT2D eigenvalue weighted by molar-refractivity contribution is 7.12. The summed E-state index contributed by atoms with van der Waals surface area (Å²) in [5.41, 5.74) is 6.76. The van der Waals surface area contributed by atoms with Gasteiger partial charge in [-0.15, -0.1) is 11.3 Å². The molecule has 2 aromatic heterocycles. The molecule has 2 heterocycles. The lowest BCUT2D eigenvalue weighted by atomic mass is 10.2. The molecule has 120 valence electrons. The molecule has 0 atom stereocenters. The van der Waals surface area contributed by atoms with Crippen molar-refractivity contribution in [2.24, 2.45) is 0 Å². The van der Waals surface area contributed by atoms with Crippen LogP contribution in [0.4, 0.5) is 5.69 Å². The van der Waals surface area contributed by atoms with Gasteiger partial charge in [0, 0.05) is 6.07 Å². The number of aromatic nitrogens is 1. The van der Waals surface area contributed by atoms with E-state index in [-0.39, 0.29) is 18.2 Å². The molecule has 0 saturated heterocycles. The second-order valence-corrected chi connectivity index (χ2v) is 6.06. The fourth-order valence-corrected chi connectivity index (χ4v) is 2.82. The standard InChI is InChI=1S/C18H15N3O2S/c22-16(17-9-5-11-24-17)13-21-10-4-6-14(12-21)18(23)20-19-15-7-2-1-3-8-15/h1-12,19H,13H2/p+1. The normalized spacial score (nSPS) is 10.2. The van der Waals surface area contributed by atoms with Crippen molar-refractivity contribution in [3.63, 3.8) is 0 Å². The summed E-state index contributed by atoms with van der Waals surface area (Å²) < 4.78 is 1.71. The predicted molar refractivity (Wildman–Crippen MR) is 92.8 cm³/mol. The third-order valence-corrected chi connectivity index (χ3v) is 4.25. The molecular formula is C18H16N3O2S+. The number of anilines is 1. The van der Waals surface area contributed by atoms with Crippen LogP contribution < -0.4 is 15.4 Å². The fourth-order valence-electron chi connectivity index (χ4n) is 2.16. The molecule has 3 aromatic rings. The number of carbonyl (C=O) groups is 2. The van der Waals surface area contributed by atoms with Gasteiger partial charge < -0.3 is 0 Å². The highest BCUT2D eigenvalue weighted by Gasteiger charge is 2.15. The number of Topliss-reactive ketones (excluding diaryl/α,β-unsaturated/α-hetero) is 1. The maximum atomic E-state index is 12.2. The van der Waals surface area contributed by atoms with Crippen LogP contribution in [-0.4, -0.2) is 11.7 Å². The topological polar surface area (TPSA) is 62.1 Å². The summed E-state index contributed by atoms with van der Waals surface area (Å²) in [7, 11) is 0. The Morgan fingerprint density at radius 1 is 1.00 bits per heavy atom. The fraction of sp³-hybridized carbons (Fsp3) is 0.0556. The van der Waals surface area contributed by atoms with Crippen LogP contribution >= 0.6 is 11.3 Å². The number of benzene rings is 1. The summed E-state index contributed by atoms with van der Waals surface area (Å²) in [6.45, 7) is 0.202.